The van der Waals surface area contributed by atoms with Gasteiger partial charge in [-0.05, 0) is 35.9 Å². The van der Waals surface area contributed by atoms with E-state index in [1.165, 1.54) is 24.4 Å². The molecule has 0 aliphatic rings. The molecule has 0 saturated heterocycles. The van der Waals surface area contributed by atoms with Crippen LogP contribution in [0.1, 0.15) is 15.9 Å². The summed E-state index contributed by atoms with van der Waals surface area (Å²) in [5.74, 6) is -0.745. The fourth-order valence-corrected chi connectivity index (χ4v) is 3.06. The first-order chi connectivity index (χ1) is 11.9. The molecule has 4 nitrogen and oxygen atoms in total. The van der Waals surface area contributed by atoms with Crippen molar-refractivity contribution in [2.75, 3.05) is 5.32 Å². The predicted octanol–water partition coefficient (Wildman–Crippen LogP) is 5.39. The van der Waals surface area contributed by atoms with E-state index in [0.717, 1.165) is 5.56 Å². The molecule has 0 aliphatic carbocycles. The topological polar surface area (TPSA) is 46.9 Å². The van der Waals surface area contributed by atoms with Gasteiger partial charge in [0.25, 0.3) is 5.91 Å². The van der Waals surface area contributed by atoms with Crippen molar-refractivity contribution in [1.82, 2.24) is 9.78 Å². The Bertz CT molecular complexity index is 945. The van der Waals surface area contributed by atoms with Gasteiger partial charge in [-0.15, -0.1) is 0 Å². The molecule has 0 saturated carbocycles. The first kappa shape index (κ1) is 17.9. The van der Waals surface area contributed by atoms with Crippen LogP contribution in [0.5, 0.6) is 0 Å². The van der Waals surface area contributed by atoms with E-state index in [2.05, 4.69) is 26.3 Å². The number of nitrogens with one attached hydrogen (secondary N) is 1. The molecule has 3 aromatic rings. The van der Waals surface area contributed by atoms with Crippen molar-refractivity contribution in [1.29, 1.82) is 0 Å². The highest BCUT2D eigenvalue weighted by atomic mass is 79.9. The van der Waals surface area contributed by atoms with Crippen LogP contribution in [0.2, 0.25) is 10.0 Å². The molecule has 1 amide bonds. The first-order valence-electron chi connectivity index (χ1n) is 7.16. The van der Waals surface area contributed by atoms with Crippen molar-refractivity contribution < 1.29 is 9.18 Å². The maximum Gasteiger partial charge on any atom is 0.259 e. The van der Waals surface area contributed by atoms with Crippen LogP contribution in [0.4, 0.5) is 10.2 Å². The van der Waals surface area contributed by atoms with Gasteiger partial charge in [-0.2, -0.15) is 5.10 Å². The van der Waals surface area contributed by atoms with Crippen LogP contribution >= 0.6 is 39.1 Å². The van der Waals surface area contributed by atoms with Crippen LogP contribution in [-0.2, 0) is 6.54 Å². The van der Waals surface area contributed by atoms with E-state index in [9.17, 15) is 9.18 Å². The van der Waals surface area contributed by atoms with Crippen molar-refractivity contribution in [2.45, 2.75) is 6.54 Å². The summed E-state index contributed by atoms with van der Waals surface area (Å²) in [6, 6.07) is 10.9. The number of nitrogens with zero attached hydrogens (tertiary/aromatic N) is 2. The number of anilines is 1. The van der Waals surface area contributed by atoms with Crippen LogP contribution in [0.15, 0.2) is 53.1 Å². The fourth-order valence-electron chi connectivity index (χ4n) is 2.23. The number of halogens is 4. The lowest BCUT2D eigenvalue weighted by atomic mass is 10.2. The molecule has 3 rings (SSSR count). The number of benzene rings is 2. The second kappa shape index (κ2) is 7.56. The zero-order valence-corrected chi connectivity index (χ0v) is 15.7. The minimum Gasteiger partial charge on any atom is -0.307 e. The average Bonchev–Trinajstić information content (AvgIpc) is 2.99. The van der Waals surface area contributed by atoms with Gasteiger partial charge in [-0.3, -0.25) is 4.79 Å². The lowest BCUT2D eigenvalue weighted by molar-refractivity contribution is 0.102. The number of hydrogen-bond donors (Lipinski definition) is 1. The van der Waals surface area contributed by atoms with E-state index in [4.69, 9.17) is 23.2 Å². The number of amides is 1. The van der Waals surface area contributed by atoms with Crippen LogP contribution in [0, 0.1) is 5.82 Å². The summed E-state index contributed by atoms with van der Waals surface area (Å²) in [5, 5.41) is 7.86. The smallest absolute Gasteiger partial charge is 0.259 e. The van der Waals surface area contributed by atoms with Gasteiger partial charge in [0.2, 0.25) is 0 Å². The van der Waals surface area contributed by atoms with Gasteiger partial charge in [0.05, 0.1) is 18.3 Å². The number of rotatable bonds is 4. The van der Waals surface area contributed by atoms with E-state index in [1.54, 1.807) is 28.9 Å². The van der Waals surface area contributed by atoms with Gasteiger partial charge in [0.15, 0.2) is 0 Å². The Labute approximate surface area is 161 Å². The maximum atomic E-state index is 13.9. The highest BCUT2D eigenvalue weighted by Gasteiger charge is 2.15. The molecule has 0 atom stereocenters. The monoisotopic (exact) mass is 441 g/mol. The maximum absolute atomic E-state index is 13.9. The lowest BCUT2D eigenvalue weighted by Crippen LogP contribution is -2.17. The number of carbonyl (C=O) groups is 1. The molecular weight excluding hydrogens is 432 g/mol. The fraction of sp³-hybridized carbons (Fsp3) is 0.0588. The minimum absolute atomic E-state index is 0.0633. The molecule has 1 heterocycles. The highest BCUT2D eigenvalue weighted by molar-refractivity contribution is 9.10. The van der Waals surface area contributed by atoms with Crippen LogP contribution in [0.25, 0.3) is 0 Å². The van der Waals surface area contributed by atoms with E-state index in [1.807, 2.05) is 0 Å². The van der Waals surface area contributed by atoms with Gasteiger partial charge in [0.1, 0.15) is 11.6 Å². The van der Waals surface area contributed by atoms with Crippen molar-refractivity contribution in [3.8, 4) is 0 Å². The van der Waals surface area contributed by atoms with Gasteiger partial charge in [0, 0.05) is 20.6 Å². The molecule has 2 aromatic carbocycles. The summed E-state index contributed by atoms with van der Waals surface area (Å²) in [6.07, 6.45) is 1.54. The summed E-state index contributed by atoms with van der Waals surface area (Å²) < 4.78 is 16.0. The first-order valence-corrected chi connectivity index (χ1v) is 8.71. The molecule has 25 heavy (non-hydrogen) atoms. The van der Waals surface area contributed by atoms with Gasteiger partial charge in [-0.1, -0.05) is 45.2 Å². The molecule has 0 aliphatic heterocycles. The Morgan fingerprint density at radius 1 is 1.20 bits per heavy atom. The Balaban J connectivity index is 1.82. The predicted molar refractivity (Wildman–Crippen MR) is 99.8 cm³/mol. The molecule has 0 bridgehead atoms. The minimum atomic E-state index is -0.604. The van der Waals surface area contributed by atoms with Crippen molar-refractivity contribution in [3.63, 3.8) is 0 Å². The number of carbonyl (C=O) groups excluding carboxylic acids is 1. The molecule has 128 valence electrons. The Hall–Kier alpha value is -1.89. The van der Waals surface area contributed by atoms with Gasteiger partial charge >= 0.3 is 0 Å². The SMILES string of the molecule is O=C(Nc1ccnn1Cc1ccc(Cl)cc1Cl)c1cc(Br)ccc1F. The van der Waals surface area contributed by atoms with Crippen LogP contribution in [0.3, 0.4) is 0 Å². The van der Waals surface area contributed by atoms with Gasteiger partial charge < -0.3 is 5.32 Å². The third-order valence-electron chi connectivity index (χ3n) is 3.47. The third kappa shape index (κ3) is 4.21. The molecule has 1 aromatic heterocycles. The zero-order valence-electron chi connectivity index (χ0n) is 12.6. The molecule has 0 radical (unpaired) electrons. The normalized spacial score (nSPS) is 10.7. The Morgan fingerprint density at radius 3 is 2.76 bits per heavy atom. The summed E-state index contributed by atoms with van der Waals surface area (Å²) in [5.41, 5.74) is 0.727. The van der Waals surface area contributed by atoms with Crippen molar-refractivity contribution in [3.05, 3.63) is 80.1 Å². The lowest BCUT2D eigenvalue weighted by Gasteiger charge is -2.11. The largest absolute Gasteiger partial charge is 0.307 e. The van der Waals surface area contributed by atoms with E-state index in [-0.39, 0.29) is 5.56 Å². The standard InChI is InChI=1S/C17H11BrCl2FN3O/c18-11-2-4-15(21)13(7-11)17(25)23-16-5-6-22-24(16)9-10-1-3-12(19)8-14(10)20/h1-8H,9H2,(H,23,25). The zero-order chi connectivity index (χ0) is 18.0. The van der Waals surface area contributed by atoms with Crippen LogP contribution in [-0.4, -0.2) is 15.7 Å². The molecule has 8 heteroatoms. The summed E-state index contributed by atoms with van der Waals surface area (Å²) >= 11 is 15.3. The molecule has 0 fully saturated rings. The third-order valence-corrected chi connectivity index (χ3v) is 4.55. The summed E-state index contributed by atoms with van der Waals surface area (Å²) in [6.45, 7) is 0.333. The Kier molecular flexibility index (Phi) is 5.42. The molecular formula is C17H11BrCl2FN3O. The quantitative estimate of drug-likeness (QED) is 0.588. The van der Waals surface area contributed by atoms with Crippen molar-refractivity contribution >= 4 is 50.9 Å². The Morgan fingerprint density at radius 2 is 2.00 bits per heavy atom. The average molecular weight is 443 g/mol. The number of hydrogen-bond acceptors (Lipinski definition) is 2. The summed E-state index contributed by atoms with van der Waals surface area (Å²) in [4.78, 5) is 12.3. The second-order valence-corrected chi connectivity index (χ2v) is 6.95. The summed E-state index contributed by atoms with van der Waals surface area (Å²) in [7, 11) is 0. The molecule has 1 N–H and O–H groups in total. The van der Waals surface area contributed by atoms with Crippen molar-refractivity contribution in [2.24, 2.45) is 0 Å². The van der Waals surface area contributed by atoms with E-state index in [0.29, 0.717) is 26.9 Å². The molecule has 0 spiro atoms. The second-order valence-electron chi connectivity index (χ2n) is 5.19. The van der Waals surface area contributed by atoms with Gasteiger partial charge in [-0.25, -0.2) is 9.07 Å². The van der Waals surface area contributed by atoms with E-state index >= 15 is 0 Å². The van der Waals surface area contributed by atoms with E-state index < -0.39 is 11.7 Å². The van der Waals surface area contributed by atoms with Crippen LogP contribution < -0.4 is 5.32 Å². The number of aromatic nitrogens is 2. The highest BCUT2D eigenvalue weighted by Crippen LogP contribution is 2.23. The molecule has 0 unspecified atom stereocenters.